The van der Waals surface area contributed by atoms with E-state index in [0.717, 1.165) is 5.39 Å². The molecule has 0 amide bonds. The van der Waals surface area contributed by atoms with Gasteiger partial charge in [-0.25, -0.2) is 9.97 Å². The Hall–Kier alpha value is -2.15. The molecule has 0 saturated heterocycles. The first-order valence-electron chi connectivity index (χ1n) is 4.15. The van der Waals surface area contributed by atoms with Crippen molar-refractivity contribution in [2.75, 3.05) is 5.73 Å². The topological polar surface area (TPSA) is 75.6 Å². The van der Waals surface area contributed by atoms with Crippen LogP contribution in [0.2, 0.25) is 0 Å². The molecule has 0 aromatic carbocycles. The van der Waals surface area contributed by atoms with Crippen LogP contribution in [0.5, 0.6) is 0 Å². The van der Waals surface area contributed by atoms with Crippen LogP contribution in [-0.4, -0.2) is 9.97 Å². The van der Waals surface area contributed by atoms with Crippen LogP contribution >= 0.6 is 0 Å². The van der Waals surface area contributed by atoms with E-state index in [2.05, 4.69) is 9.97 Å². The predicted molar refractivity (Wildman–Crippen MR) is 53.4 cm³/mol. The maximum atomic E-state index is 8.87. The Morgan fingerprint density at radius 1 is 1.50 bits per heavy atom. The largest absolute Gasteiger partial charge is 0.397 e. The van der Waals surface area contributed by atoms with Gasteiger partial charge >= 0.3 is 0 Å². The van der Waals surface area contributed by atoms with E-state index in [4.69, 9.17) is 11.0 Å². The second kappa shape index (κ2) is 2.96. The third-order valence-electron chi connectivity index (χ3n) is 2.09. The smallest absolute Gasteiger partial charge is 0.161 e. The molecule has 2 rings (SSSR count). The Labute approximate surface area is 81.0 Å². The molecule has 4 nitrogen and oxygen atoms in total. The number of pyridine rings is 2. The lowest BCUT2D eigenvalue weighted by Gasteiger charge is -2.04. The highest BCUT2D eigenvalue weighted by Crippen LogP contribution is 2.22. The zero-order valence-electron chi connectivity index (χ0n) is 7.65. The molecule has 0 bridgehead atoms. The van der Waals surface area contributed by atoms with Crippen molar-refractivity contribution >= 4 is 16.7 Å². The van der Waals surface area contributed by atoms with Crippen molar-refractivity contribution in [2.24, 2.45) is 0 Å². The zero-order valence-corrected chi connectivity index (χ0v) is 7.65. The summed E-state index contributed by atoms with van der Waals surface area (Å²) < 4.78 is 0. The van der Waals surface area contributed by atoms with Crippen molar-refractivity contribution in [1.82, 2.24) is 9.97 Å². The first-order valence-corrected chi connectivity index (χ1v) is 4.15. The second-order valence-corrected chi connectivity index (χ2v) is 2.97. The number of fused-ring (bicyclic) bond motifs is 1. The number of hydrogen-bond acceptors (Lipinski definition) is 4. The van der Waals surface area contributed by atoms with Gasteiger partial charge in [-0.1, -0.05) is 0 Å². The lowest BCUT2D eigenvalue weighted by atomic mass is 10.1. The molecule has 2 aromatic rings. The molecule has 0 atom stereocenters. The van der Waals surface area contributed by atoms with E-state index in [1.54, 1.807) is 19.2 Å². The van der Waals surface area contributed by atoms with Gasteiger partial charge in [-0.15, -0.1) is 0 Å². The Kier molecular flexibility index (Phi) is 1.79. The minimum Gasteiger partial charge on any atom is -0.397 e. The van der Waals surface area contributed by atoms with Crippen molar-refractivity contribution in [1.29, 1.82) is 5.26 Å². The molecule has 0 fully saturated rings. The van der Waals surface area contributed by atoms with Crippen LogP contribution in [0, 0.1) is 18.3 Å². The fourth-order valence-electron chi connectivity index (χ4n) is 1.38. The summed E-state index contributed by atoms with van der Waals surface area (Å²) in [7, 11) is 0. The molecule has 0 aliphatic rings. The zero-order chi connectivity index (χ0) is 10.1. The van der Waals surface area contributed by atoms with Crippen LogP contribution in [0.15, 0.2) is 18.3 Å². The molecule has 4 heteroatoms. The lowest BCUT2D eigenvalue weighted by Crippen LogP contribution is -1.99. The van der Waals surface area contributed by atoms with Crippen LogP contribution < -0.4 is 5.73 Å². The fourth-order valence-corrected chi connectivity index (χ4v) is 1.38. The number of nitriles is 1. The summed E-state index contributed by atoms with van der Waals surface area (Å²) >= 11 is 0. The molecule has 0 radical (unpaired) electrons. The Bertz CT molecular complexity index is 540. The monoisotopic (exact) mass is 184 g/mol. The predicted octanol–water partition coefficient (Wildman–Crippen LogP) is 1.39. The van der Waals surface area contributed by atoms with Gasteiger partial charge in [0, 0.05) is 11.6 Å². The second-order valence-electron chi connectivity index (χ2n) is 2.97. The van der Waals surface area contributed by atoms with Crippen LogP contribution in [0.4, 0.5) is 5.69 Å². The van der Waals surface area contributed by atoms with Crippen molar-refractivity contribution in [3.8, 4) is 6.07 Å². The summed E-state index contributed by atoms with van der Waals surface area (Å²) in [6, 6.07) is 5.63. The van der Waals surface area contributed by atoms with Gasteiger partial charge in [-0.3, -0.25) is 0 Å². The molecule has 68 valence electrons. The molecular weight excluding hydrogens is 176 g/mol. The first kappa shape index (κ1) is 8.45. The van der Waals surface area contributed by atoms with Gasteiger partial charge in [-0.05, 0) is 19.1 Å². The minimum absolute atomic E-state index is 0.436. The normalized spacial score (nSPS) is 10.0. The molecule has 2 N–H and O–H groups in total. The molecule has 0 saturated carbocycles. The molecule has 0 aliphatic carbocycles. The SMILES string of the molecule is Cc1nc2ncccc2c(N)c1C#N. The van der Waals surface area contributed by atoms with Gasteiger partial charge in [0.15, 0.2) is 5.65 Å². The summed E-state index contributed by atoms with van der Waals surface area (Å²) in [5.74, 6) is 0. The van der Waals surface area contributed by atoms with E-state index in [1.807, 2.05) is 12.1 Å². The number of anilines is 1. The van der Waals surface area contributed by atoms with Crippen molar-refractivity contribution in [3.63, 3.8) is 0 Å². The van der Waals surface area contributed by atoms with E-state index in [1.165, 1.54) is 0 Å². The summed E-state index contributed by atoms with van der Waals surface area (Å²) in [5.41, 5.74) is 7.93. The number of aromatic nitrogens is 2. The van der Waals surface area contributed by atoms with Gasteiger partial charge in [-0.2, -0.15) is 5.26 Å². The van der Waals surface area contributed by atoms with Gasteiger partial charge < -0.3 is 5.73 Å². The summed E-state index contributed by atoms with van der Waals surface area (Å²) in [6.07, 6.45) is 1.65. The minimum atomic E-state index is 0.436. The summed E-state index contributed by atoms with van der Waals surface area (Å²) in [5, 5.41) is 9.60. The van der Waals surface area contributed by atoms with E-state index >= 15 is 0 Å². The average molecular weight is 184 g/mol. The van der Waals surface area contributed by atoms with Gasteiger partial charge in [0.1, 0.15) is 6.07 Å². The average Bonchev–Trinajstić information content (AvgIpc) is 2.18. The Morgan fingerprint density at radius 2 is 2.29 bits per heavy atom. The van der Waals surface area contributed by atoms with Crippen LogP contribution in [0.25, 0.3) is 11.0 Å². The standard InChI is InChI=1S/C10H8N4/c1-6-8(5-11)9(12)7-3-2-4-13-10(7)14-6/h2-4H,1H3,(H2,12,13,14). The molecule has 14 heavy (non-hydrogen) atoms. The molecule has 0 aliphatic heterocycles. The quantitative estimate of drug-likeness (QED) is 0.671. The van der Waals surface area contributed by atoms with Crippen LogP contribution in [0.1, 0.15) is 11.3 Å². The van der Waals surface area contributed by atoms with Crippen molar-refractivity contribution in [3.05, 3.63) is 29.6 Å². The maximum Gasteiger partial charge on any atom is 0.161 e. The molecule has 2 heterocycles. The highest BCUT2D eigenvalue weighted by molar-refractivity contribution is 5.90. The van der Waals surface area contributed by atoms with Crippen LogP contribution in [0.3, 0.4) is 0 Å². The molecule has 0 unspecified atom stereocenters. The van der Waals surface area contributed by atoms with Gasteiger partial charge in [0.05, 0.1) is 16.9 Å². The molecule has 2 aromatic heterocycles. The highest BCUT2D eigenvalue weighted by atomic mass is 14.9. The van der Waals surface area contributed by atoms with Crippen LogP contribution in [-0.2, 0) is 0 Å². The number of nitrogen functional groups attached to an aromatic ring is 1. The first-order chi connectivity index (χ1) is 6.74. The van der Waals surface area contributed by atoms with Gasteiger partial charge in [0.2, 0.25) is 0 Å². The number of nitrogens with two attached hydrogens (primary N) is 1. The Balaban J connectivity index is 2.95. The number of hydrogen-bond donors (Lipinski definition) is 1. The third-order valence-corrected chi connectivity index (χ3v) is 2.09. The number of aryl methyl sites for hydroxylation is 1. The molecule has 0 spiro atoms. The summed E-state index contributed by atoms with van der Waals surface area (Å²) in [6.45, 7) is 1.75. The lowest BCUT2D eigenvalue weighted by molar-refractivity contribution is 1.19. The number of rotatable bonds is 0. The summed E-state index contributed by atoms with van der Waals surface area (Å²) in [4.78, 5) is 8.27. The van der Waals surface area contributed by atoms with Crippen molar-refractivity contribution < 1.29 is 0 Å². The third kappa shape index (κ3) is 1.07. The van der Waals surface area contributed by atoms with E-state index < -0.39 is 0 Å². The van der Waals surface area contributed by atoms with E-state index in [9.17, 15) is 0 Å². The van der Waals surface area contributed by atoms with Gasteiger partial charge in [0.25, 0.3) is 0 Å². The van der Waals surface area contributed by atoms with Crippen molar-refractivity contribution in [2.45, 2.75) is 6.92 Å². The molecular formula is C10H8N4. The van der Waals surface area contributed by atoms with E-state index in [0.29, 0.717) is 22.6 Å². The number of nitrogens with zero attached hydrogens (tertiary/aromatic N) is 3. The maximum absolute atomic E-state index is 8.87. The Morgan fingerprint density at radius 3 is 3.00 bits per heavy atom. The van der Waals surface area contributed by atoms with E-state index in [-0.39, 0.29) is 0 Å². The fraction of sp³-hybridized carbons (Fsp3) is 0.100. The highest BCUT2D eigenvalue weighted by Gasteiger charge is 2.09.